The molecule has 0 saturated carbocycles. The lowest BCUT2D eigenvalue weighted by Gasteiger charge is -2.17. The van der Waals surface area contributed by atoms with E-state index in [0.29, 0.717) is 11.5 Å². The van der Waals surface area contributed by atoms with Gasteiger partial charge in [0.15, 0.2) is 0 Å². The molecule has 0 saturated heterocycles. The third-order valence-electron chi connectivity index (χ3n) is 3.38. The first-order valence-corrected chi connectivity index (χ1v) is 7.24. The summed E-state index contributed by atoms with van der Waals surface area (Å²) in [5, 5.41) is 6.43. The fourth-order valence-corrected chi connectivity index (χ4v) is 2.86. The first kappa shape index (κ1) is 13.3. The van der Waals surface area contributed by atoms with Crippen LogP contribution in [-0.2, 0) is 20.0 Å². The summed E-state index contributed by atoms with van der Waals surface area (Å²) in [4.78, 5) is 16.4. The van der Waals surface area contributed by atoms with Gasteiger partial charge in [-0.1, -0.05) is 0 Å². The van der Waals surface area contributed by atoms with Crippen LogP contribution in [0.1, 0.15) is 11.1 Å². The minimum atomic E-state index is -0.0779. The molecule has 20 heavy (non-hydrogen) atoms. The van der Waals surface area contributed by atoms with Crippen molar-refractivity contribution in [2.45, 2.75) is 13.0 Å². The van der Waals surface area contributed by atoms with Crippen LogP contribution in [0.4, 0.5) is 11.5 Å². The van der Waals surface area contributed by atoms with E-state index in [0.717, 1.165) is 24.0 Å². The molecule has 0 atom stereocenters. The van der Waals surface area contributed by atoms with Gasteiger partial charge in [-0.3, -0.25) is 4.79 Å². The number of hydrogen-bond donors (Lipinski definition) is 2. The summed E-state index contributed by atoms with van der Waals surface area (Å²) in [6, 6.07) is 3.77. The molecule has 0 radical (unpaired) electrons. The van der Waals surface area contributed by atoms with Crippen molar-refractivity contribution in [3.05, 3.63) is 50.5 Å². The zero-order valence-electron chi connectivity index (χ0n) is 11.1. The molecule has 1 aliphatic rings. The van der Waals surface area contributed by atoms with Gasteiger partial charge in [-0.25, -0.2) is 4.98 Å². The number of pyridine rings is 2. The third kappa shape index (κ3) is 2.62. The average molecular weight is 335 g/mol. The van der Waals surface area contributed by atoms with E-state index in [4.69, 9.17) is 0 Å². The van der Waals surface area contributed by atoms with Crippen molar-refractivity contribution < 1.29 is 0 Å². The quantitative estimate of drug-likeness (QED) is 0.881. The summed E-state index contributed by atoms with van der Waals surface area (Å²) < 4.78 is 2.38. The first-order valence-electron chi connectivity index (χ1n) is 6.45. The molecule has 104 valence electrons. The highest BCUT2D eigenvalue weighted by Crippen LogP contribution is 2.19. The van der Waals surface area contributed by atoms with Gasteiger partial charge in [-0.05, 0) is 52.2 Å². The Morgan fingerprint density at radius 2 is 2.25 bits per heavy atom. The molecule has 3 rings (SSSR count). The maximum Gasteiger partial charge on any atom is 0.274 e. The number of aromatic nitrogens is 2. The first-order chi connectivity index (χ1) is 9.63. The largest absolute Gasteiger partial charge is 0.336 e. The molecule has 5 nitrogen and oxygen atoms in total. The fourth-order valence-electron chi connectivity index (χ4n) is 2.33. The van der Waals surface area contributed by atoms with Crippen LogP contribution < -0.4 is 16.2 Å². The van der Waals surface area contributed by atoms with Crippen LogP contribution >= 0.6 is 15.9 Å². The summed E-state index contributed by atoms with van der Waals surface area (Å²) in [6.45, 7) is 1.84. The van der Waals surface area contributed by atoms with E-state index in [2.05, 4.69) is 31.5 Å². The fraction of sp³-hybridized carbons (Fsp3) is 0.286. The molecule has 2 aromatic rings. The predicted octanol–water partition coefficient (Wildman–Crippen LogP) is 1.93. The van der Waals surface area contributed by atoms with Crippen LogP contribution in [0.3, 0.4) is 0 Å². The van der Waals surface area contributed by atoms with Gasteiger partial charge >= 0.3 is 0 Å². The van der Waals surface area contributed by atoms with Crippen molar-refractivity contribution in [1.82, 2.24) is 14.9 Å². The number of nitrogens with zero attached hydrogens (tertiary/aromatic N) is 2. The highest BCUT2D eigenvalue weighted by atomic mass is 79.9. The lowest BCUT2D eigenvalue weighted by atomic mass is 10.0. The lowest BCUT2D eigenvalue weighted by Crippen LogP contribution is -2.24. The summed E-state index contributed by atoms with van der Waals surface area (Å²) >= 11 is 3.39. The van der Waals surface area contributed by atoms with Crippen LogP contribution in [0, 0.1) is 0 Å². The Balaban J connectivity index is 1.94. The van der Waals surface area contributed by atoms with Crippen molar-refractivity contribution in [3.63, 3.8) is 0 Å². The molecule has 0 aliphatic carbocycles. The van der Waals surface area contributed by atoms with E-state index in [1.54, 1.807) is 19.3 Å². The molecule has 2 N–H and O–H groups in total. The Hall–Kier alpha value is -1.66. The topological polar surface area (TPSA) is 59.0 Å². The van der Waals surface area contributed by atoms with Crippen LogP contribution in [0.2, 0.25) is 0 Å². The molecule has 1 aliphatic heterocycles. The number of fused-ring (bicyclic) bond motifs is 1. The van der Waals surface area contributed by atoms with Gasteiger partial charge < -0.3 is 15.2 Å². The van der Waals surface area contributed by atoms with Gasteiger partial charge in [0, 0.05) is 30.5 Å². The van der Waals surface area contributed by atoms with Crippen molar-refractivity contribution in [2.24, 2.45) is 7.05 Å². The minimum Gasteiger partial charge on any atom is -0.336 e. The molecule has 0 bridgehead atoms. The third-order valence-corrected chi connectivity index (χ3v) is 3.82. The van der Waals surface area contributed by atoms with E-state index in [1.165, 1.54) is 15.7 Å². The second kappa shape index (κ2) is 5.38. The Kier molecular flexibility index (Phi) is 3.58. The number of hydrogen-bond acceptors (Lipinski definition) is 4. The second-order valence-electron chi connectivity index (χ2n) is 4.88. The maximum atomic E-state index is 12.1. The van der Waals surface area contributed by atoms with E-state index in [1.807, 2.05) is 12.3 Å². The van der Waals surface area contributed by atoms with Gasteiger partial charge in [0.05, 0.1) is 0 Å². The highest BCUT2D eigenvalue weighted by Gasteiger charge is 2.11. The smallest absolute Gasteiger partial charge is 0.274 e. The van der Waals surface area contributed by atoms with Crippen LogP contribution in [0.5, 0.6) is 0 Å². The molecule has 0 unspecified atom stereocenters. The van der Waals surface area contributed by atoms with Crippen molar-refractivity contribution >= 4 is 27.4 Å². The molecule has 2 aromatic heterocycles. The number of anilines is 2. The summed E-state index contributed by atoms with van der Waals surface area (Å²) in [5.41, 5.74) is 2.95. The Bertz CT molecular complexity index is 711. The molecular formula is C14H15BrN4O. The van der Waals surface area contributed by atoms with E-state index in [9.17, 15) is 4.79 Å². The Morgan fingerprint density at radius 3 is 3.10 bits per heavy atom. The van der Waals surface area contributed by atoms with E-state index < -0.39 is 0 Å². The Labute approximate surface area is 125 Å². The molecule has 0 aromatic carbocycles. The maximum absolute atomic E-state index is 12.1. The van der Waals surface area contributed by atoms with Crippen LogP contribution in [-0.4, -0.2) is 16.1 Å². The van der Waals surface area contributed by atoms with Crippen molar-refractivity contribution in [2.75, 3.05) is 11.9 Å². The van der Waals surface area contributed by atoms with Crippen molar-refractivity contribution in [3.8, 4) is 0 Å². The summed E-state index contributed by atoms with van der Waals surface area (Å²) in [5.74, 6) is 0.697. The molecule has 0 spiro atoms. The summed E-state index contributed by atoms with van der Waals surface area (Å²) in [6.07, 6.45) is 4.62. The average Bonchev–Trinajstić information content (AvgIpc) is 2.44. The Morgan fingerprint density at radius 1 is 1.40 bits per heavy atom. The molecule has 0 fully saturated rings. The SMILES string of the molecule is Cn1cc(Br)cc(Nc2cc3c(cn2)CCNC3)c1=O. The molecule has 0 amide bonds. The minimum absolute atomic E-state index is 0.0779. The van der Waals surface area contributed by atoms with Gasteiger partial charge in [0.2, 0.25) is 0 Å². The monoisotopic (exact) mass is 334 g/mol. The van der Waals surface area contributed by atoms with Crippen molar-refractivity contribution in [1.29, 1.82) is 0 Å². The summed E-state index contributed by atoms with van der Waals surface area (Å²) in [7, 11) is 1.72. The van der Waals surface area contributed by atoms with E-state index >= 15 is 0 Å². The number of aryl methyl sites for hydroxylation is 1. The van der Waals surface area contributed by atoms with Crippen LogP contribution in [0.15, 0.2) is 33.8 Å². The second-order valence-corrected chi connectivity index (χ2v) is 5.79. The number of halogens is 1. The number of rotatable bonds is 2. The lowest BCUT2D eigenvalue weighted by molar-refractivity contribution is 0.641. The molecular weight excluding hydrogens is 320 g/mol. The zero-order chi connectivity index (χ0) is 14.1. The predicted molar refractivity (Wildman–Crippen MR) is 82.3 cm³/mol. The molecule has 3 heterocycles. The normalized spacial score (nSPS) is 13.9. The number of nitrogens with one attached hydrogen (secondary N) is 2. The van der Waals surface area contributed by atoms with Gasteiger partial charge in [-0.2, -0.15) is 0 Å². The van der Waals surface area contributed by atoms with Gasteiger partial charge in [-0.15, -0.1) is 0 Å². The highest BCUT2D eigenvalue weighted by molar-refractivity contribution is 9.10. The van der Waals surface area contributed by atoms with Gasteiger partial charge in [0.25, 0.3) is 5.56 Å². The standard InChI is InChI=1S/C14H15BrN4O/c1-19-8-11(15)5-12(14(19)20)18-13-4-10-6-16-3-2-9(10)7-17-13/h4-5,7-8,16H,2-3,6H2,1H3,(H,17,18). The van der Waals surface area contributed by atoms with Crippen LogP contribution in [0.25, 0.3) is 0 Å². The molecule has 6 heteroatoms. The van der Waals surface area contributed by atoms with Gasteiger partial charge in [0.1, 0.15) is 11.5 Å². The van der Waals surface area contributed by atoms with E-state index in [-0.39, 0.29) is 5.56 Å². The zero-order valence-corrected chi connectivity index (χ0v) is 12.7.